The fraction of sp³-hybridized carbons (Fsp3) is 0.417. The molecule has 1 aromatic carbocycles. The van der Waals surface area contributed by atoms with Crippen LogP contribution in [0.3, 0.4) is 0 Å². The number of carbonyl (C=O) groups excluding carboxylic acids is 1. The third-order valence-electron chi connectivity index (χ3n) is 3.16. The van der Waals surface area contributed by atoms with E-state index in [4.69, 9.17) is 0 Å². The molecule has 1 N–H and O–H groups in total. The van der Waals surface area contributed by atoms with Crippen molar-refractivity contribution in [2.75, 3.05) is 19.3 Å². The second-order valence-electron chi connectivity index (χ2n) is 4.73. The molecule has 0 bridgehead atoms. The van der Waals surface area contributed by atoms with E-state index in [1.54, 1.807) is 0 Å². The summed E-state index contributed by atoms with van der Waals surface area (Å²) in [6.07, 6.45) is 1.08. The maximum Gasteiger partial charge on any atom is 0.226 e. The van der Waals surface area contributed by atoms with Gasteiger partial charge in [-0.1, -0.05) is 6.07 Å². The number of carbonyl (C=O) groups is 1. The summed E-state index contributed by atoms with van der Waals surface area (Å²) in [4.78, 5) is 11.7. The lowest BCUT2D eigenvalue weighted by Gasteiger charge is -2.35. The molecule has 1 heterocycles. The quantitative estimate of drug-likeness (QED) is 0.879. The molecule has 8 heteroatoms. The van der Waals surface area contributed by atoms with Gasteiger partial charge < -0.3 is 5.32 Å². The molecule has 5 nitrogen and oxygen atoms in total. The van der Waals surface area contributed by atoms with Crippen LogP contribution < -0.4 is 5.32 Å². The summed E-state index contributed by atoms with van der Waals surface area (Å²) in [7, 11) is -3.26. The van der Waals surface area contributed by atoms with E-state index >= 15 is 0 Å². The highest BCUT2D eigenvalue weighted by Crippen LogP contribution is 2.19. The van der Waals surface area contributed by atoms with Crippen LogP contribution in [0.15, 0.2) is 18.2 Å². The highest BCUT2D eigenvalue weighted by molar-refractivity contribution is 7.88. The number of amides is 1. The van der Waals surface area contributed by atoms with Crippen molar-refractivity contribution < 1.29 is 22.0 Å². The molecule has 0 atom stereocenters. The number of rotatable bonds is 4. The minimum absolute atomic E-state index is 0.0552. The third-order valence-corrected chi connectivity index (χ3v) is 4.39. The van der Waals surface area contributed by atoms with Gasteiger partial charge in [-0.25, -0.2) is 21.5 Å². The Kier molecular flexibility index (Phi) is 4.05. The van der Waals surface area contributed by atoms with Crippen molar-refractivity contribution in [2.45, 2.75) is 6.54 Å². The fourth-order valence-electron chi connectivity index (χ4n) is 1.87. The summed E-state index contributed by atoms with van der Waals surface area (Å²) < 4.78 is 49.5. The second kappa shape index (κ2) is 5.45. The topological polar surface area (TPSA) is 66.5 Å². The van der Waals surface area contributed by atoms with Crippen molar-refractivity contribution >= 4 is 15.9 Å². The Labute approximate surface area is 115 Å². The third kappa shape index (κ3) is 3.31. The zero-order valence-corrected chi connectivity index (χ0v) is 11.6. The summed E-state index contributed by atoms with van der Waals surface area (Å²) in [6.45, 7) is 0.216. The molecule has 0 spiro atoms. The predicted molar refractivity (Wildman–Crippen MR) is 68.1 cm³/mol. The lowest BCUT2D eigenvalue weighted by Crippen LogP contribution is -2.55. The summed E-state index contributed by atoms with van der Waals surface area (Å²) in [5.41, 5.74) is 0.180. The standard InChI is InChI=1S/C12H14F2N2O3S/c1-20(18,19)16-6-9(7-16)12(17)15-5-8-2-3-10(13)4-11(8)14/h2-4,9H,5-7H2,1H3,(H,15,17). The van der Waals surface area contributed by atoms with Gasteiger partial charge >= 0.3 is 0 Å². The first-order valence-electron chi connectivity index (χ1n) is 5.94. The molecule has 20 heavy (non-hydrogen) atoms. The van der Waals surface area contributed by atoms with Gasteiger partial charge in [-0.05, 0) is 6.07 Å². The van der Waals surface area contributed by atoms with Gasteiger partial charge in [-0.3, -0.25) is 4.79 Å². The molecular formula is C12H14F2N2O3S. The van der Waals surface area contributed by atoms with E-state index in [0.29, 0.717) is 0 Å². The molecule has 1 aliphatic rings. The van der Waals surface area contributed by atoms with Crippen molar-refractivity contribution in [1.29, 1.82) is 0 Å². The van der Waals surface area contributed by atoms with Crippen LogP contribution in [0.5, 0.6) is 0 Å². The predicted octanol–water partition coefficient (Wildman–Crippen LogP) is 0.472. The van der Waals surface area contributed by atoms with E-state index in [9.17, 15) is 22.0 Å². The van der Waals surface area contributed by atoms with E-state index < -0.39 is 27.6 Å². The molecule has 1 fully saturated rings. The SMILES string of the molecule is CS(=O)(=O)N1CC(C(=O)NCc2ccc(F)cc2F)C1. The number of nitrogens with one attached hydrogen (secondary N) is 1. The van der Waals surface area contributed by atoms with Crippen LogP contribution >= 0.6 is 0 Å². The summed E-state index contributed by atoms with van der Waals surface area (Å²) in [6, 6.07) is 3.12. The summed E-state index contributed by atoms with van der Waals surface area (Å²) in [5, 5.41) is 2.51. The van der Waals surface area contributed by atoms with E-state index in [-0.39, 0.29) is 31.1 Å². The number of sulfonamides is 1. The van der Waals surface area contributed by atoms with Crippen molar-refractivity contribution in [3.63, 3.8) is 0 Å². The monoisotopic (exact) mass is 304 g/mol. The van der Waals surface area contributed by atoms with Crippen LogP contribution in [-0.4, -0.2) is 38.0 Å². The maximum atomic E-state index is 13.3. The first-order chi connectivity index (χ1) is 9.27. The number of hydrogen-bond acceptors (Lipinski definition) is 3. The highest BCUT2D eigenvalue weighted by atomic mass is 32.2. The van der Waals surface area contributed by atoms with Crippen LogP contribution in [0.4, 0.5) is 8.78 Å². The van der Waals surface area contributed by atoms with Crippen molar-refractivity contribution in [1.82, 2.24) is 9.62 Å². The average Bonchev–Trinajstić information content (AvgIpc) is 2.23. The Morgan fingerprint density at radius 2 is 2.05 bits per heavy atom. The van der Waals surface area contributed by atoms with E-state index in [0.717, 1.165) is 18.4 Å². The molecule has 0 aliphatic carbocycles. The van der Waals surface area contributed by atoms with Crippen molar-refractivity contribution in [3.05, 3.63) is 35.4 Å². The van der Waals surface area contributed by atoms with E-state index in [1.165, 1.54) is 10.4 Å². The molecule has 0 saturated carbocycles. The lowest BCUT2D eigenvalue weighted by molar-refractivity contribution is -0.128. The molecule has 0 radical (unpaired) electrons. The van der Waals surface area contributed by atoms with Gasteiger partial charge in [0.15, 0.2) is 0 Å². The minimum atomic E-state index is -3.26. The van der Waals surface area contributed by atoms with Gasteiger partial charge in [0.05, 0.1) is 12.2 Å². The fourth-order valence-corrected chi connectivity index (χ4v) is 2.77. The normalized spacial score (nSPS) is 16.8. The molecule has 1 aliphatic heterocycles. The molecular weight excluding hydrogens is 290 g/mol. The molecule has 110 valence electrons. The lowest BCUT2D eigenvalue weighted by atomic mass is 10.0. The first-order valence-corrected chi connectivity index (χ1v) is 7.79. The van der Waals surface area contributed by atoms with Gasteiger partial charge in [0.1, 0.15) is 11.6 Å². The molecule has 0 aromatic heterocycles. The van der Waals surface area contributed by atoms with Gasteiger partial charge in [0.25, 0.3) is 0 Å². The van der Waals surface area contributed by atoms with Crippen LogP contribution in [0.1, 0.15) is 5.56 Å². The van der Waals surface area contributed by atoms with Crippen LogP contribution in [0, 0.1) is 17.6 Å². The van der Waals surface area contributed by atoms with Crippen LogP contribution in [0.2, 0.25) is 0 Å². The second-order valence-corrected chi connectivity index (χ2v) is 6.71. The highest BCUT2D eigenvalue weighted by Gasteiger charge is 2.37. The zero-order valence-electron chi connectivity index (χ0n) is 10.8. The van der Waals surface area contributed by atoms with E-state index in [2.05, 4.69) is 5.32 Å². The van der Waals surface area contributed by atoms with Gasteiger partial charge in [0.2, 0.25) is 15.9 Å². The number of halogens is 2. The Bertz CT molecular complexity index is 628. The largest absolute Gasteiger partial charge is 0.352 e. The number of nitrogens with zero attached hydrogens (tertiary/aromatic N) is 1. The number of benzene rings is 1. The van der Waals surface area contributed by atoms with Crippen LogP contribution in [-0.2, 0) is 21.4 Å². The maximum absolute atomic E-state index is 13.3. The minimum Gasteiger partial charge on any atom is -0.352 e. The van der Waals surface area contributed by atoms with Gasteiger partial charge in [-0.2, -0.15) is 0 Å². The Morgan fingerprint density at radius 1 is 1.40 bits per heavy atom. The van der Waals surface area contributed by atoms with Crippen LogP contribution in [0.25, 0.3) is 0 Å². The Hall–Kier alpha value is -1.54. The van der Waals surface area contributed by atoms with Crippen molar-refractivity contribution in [3.8, 4) is 0 Å². The zero-order chi connectivity index (χ0) is 14.9. The van der Waals surface area contributed by atoms with Crippen molar-refractivity contribution in [2.24, 2.45) is 5.92 Å². The van der Waals surface area contributed by atoms with E-state index in [1.807, 2.05) is 0 Å². The molecule has 2 rings (SSSR count). The van der Waals surface area contributed by atoms with Gasteiger partial charge in [-0.15, -0.1) is 0 Å². The molecule has 1 amide bonds. The summed E-state index contributed by atoms with van der Waals surface area (Å²) in [5.74, 6) is -2.17. The molecule has 1 saturated heterocycles. The summed E-state index contributed by atoms with van der Waals surface area (Å²) >= 11 is 0. The average molecular weight is 304 g/mol. The molecule has 1 aromatic rings. The Morgan fingerprint density at radius 3 is 2.60 bits per heavy atom. The molecule has 0 unspecified atom stereocenters. The number of hydrogen-bond donors (Lipinski definition) is 1. The first kappa shape index (κ1) is 14.9. The smallest absolute Gasteiger partial charge is 0.226 e. The van der Waals surface area contributed by atoms with Gasteiger partial charge in [0, 0.05) is 31.3 Å². The Balaban J connectivity index is 1.85.